The molecule has 0 radical (unpaired) electrons. The molecule has 0 unspecified atom stereocenters. The predicted molar refractivity (Wildman–Crippen MR) is 154 cm³/mol. The largest absolute Gasteiger partial charge is 0.497 e. The van der Waals surface area contributed by atoms with Gasteiger partial charge in [0.2, 0.25) is 5.91 Å². The van der Waals surface area contributed by atoms with Crippen LogP contribution < -0.4 is 4.74 Å². The average Bonchev–Trinajstić information content (AvgIpc) is 3.39. The molecule has 0 saturated carbocycles. The van der Waals surface area contributed by atoms with Crippen molar-refractivity contribution >= 4 is 11.8 Å². The number of benzene rings is 3. The van der Waals surface area contributed by atoms with Gasteiger partial charge in [0, 0.05) is 37.1 Å². The molecule has 0 N–H and O–H groups in total. The number of carbonyl (C=O) groups excluding carboxylic acids is 2. The highest BCUT2D eigenvalue weighted by Crippen LogP contribution is 2.18. The van der Waals surface area contributed by atoms with Gasteiger partial charge in [-0.15, -0.1) is 0 Å². The van der Waals surface area contributed by atoms with E-state index in [9.17, 15) is 14.0 Å². The van der Waals surface area contributed by atoms with Gasteiger partial charge in [0.25, 0.3) is 5.91 Å². The fraction of sp³-hybridized carbons (Fsp3) is 0.273. The number of rotatable bonds is 12. The molecule has 0 aliphatic rings. The van der Waals surface area contributed by atoms with E-state index in [4.69, 9.17) is 4.74 Å². The number of nitrogens with zero attached hydrogens (tertiary/aromatic N) is 3. The van der Waals surface area contributed by atoms with E-state index in [-0.39, 0.29) is 24.3 Å². The van der Waals surface area contributed by atoms with Gasteiger partial charge in [-0.3, -0.25) is 9.59 Å². The van der Waals surface area contributed by atoms with Crippen LogP contribution in [-0.4, -0.2) is 46.4 Å². The van der Waals surface area contributed by atoms with Crippen LogP contribution in [0.1, 0.15) is 41.0 Å². The van der Waals surface area contributed by atoms with Crippen LogP contribution in [0.25, 0.3) is 0 Å². The van der Waals surface area contributed by atoms with Crippen LogP contribution in [0.2, 0.25) is 0 Å². The van der Waals surface area contributed by atoms with Crippen LogP contribution in [-0.2, 0) is 24.4 Å². The molecule has 0 fully saturated rings. The molecule has 0 atom stereocenters. The molecule has 0 saturated heterocycles. The Balaban J connectivity index is 1.57. The minimum absolute atomic E-state index is 0.0716. The van der Waals surface area contributed by atoms with Crippen molar-refractivity contribution in [2.45, 2.75) is 33.5 Å². The summed E-state index contributed by atoms with van der Waals surface area (Å²) in [6, 6.07) is 27.2. The summed E-state index contributed by atoms with van der Waals surface area (Å²) < 4.78 is 21.0. The molecular weight excluding hydrogens is 505 g/mol. The molecule has 0 bridgehead atoms. The summed E-state index contributed by atoms with van der Waals surface area (Å²) in [6.45, 7) is 5.76. The molecule has 4 aromatic rings. The van der Waals surface area contributed by atoms with Crippen LogP contribution in [0, 0.1) is 11.7 Å². The lowest BCUT2D eigenvalue weighted by atomic mass is 10.1. The van der Waals surface area contributed by atoms with Crippen LogP contribution in [0.5, 0.6) is 5.75 Å². The van der Waals surface area contributed by atoms with Crippen molar-refractivity contribution in [3.05, 3.63) is 125 Å². The molecule has 0 aliphatic heterocycles. The Morgan fingerprint density at radius 2 is 1.57 bits per heavy atom. The zero-order valence-electron chi connectivity index (χ0n) is 23.3. The monoisotopic (exact) mass is 541 g/mol. The third-order valence-electron chi connectivity index (χ3n) is 6.62. The molecule has 0 spiro atoms. The zero-order valence-corrected chi connectivity index (χ0v) is 23.3. The third-order valence-corrected chi connectivity index (χ3v) is 6.62. The summed E-state index contributed by atoms with van der Waals surface area (Å²) in [5.41, 5.74) is 3.43. The fourth-order valence-corrected chi connectivity index (χ4v) is 4.64. The maximum atomic E-state index is 13.9. The smallest absolute Gasteiger partial charge is 0.254 e. The van der Waals surface area contributed by atoms with Crippen LogP contribution in [0.3, 0.4) is 0 Å². The average molecular weight is 542 g/mol. The Bertz CT molecular complexity index is 1400. The number of carbonyl (C=O) groups is 2. The minimum Gasteiger partial charge on any atom is -0.497 e. The lowest BCUT2D eigenvalue weighted by Crippen LogP contribution is -2.44. The van der Waals surface area contributed by atoms with Gasteiger partial charge in [-0.05, 0) is 65.6 Å². The number of amides is 2. The van der Waals surface area contributed by atoms with Gasteiger partial charge >= 0.3 is 0 Å². The van der Waals surface area contributed by atoms with Gasteiger partial charge in [0.1, 0.15) is 18.1 Å². The number of halogens is 1. The van der Waals surface area contributed by atoms with E-state index in [2.05, 4.69) is 4.57 Å². The predicted octanol–water partition coefficient (Wildman–Crippen LogP) is 6.01. The van der Waals surface area contributed by atoms with Crippen molar-refractivity contribution in [2.24, 2.45) is 5.92 Å². The standard InChI is InChI=1S/C33H36FN3O3/c1-25(2)20-37(33(39)28-14-16-29(34)17-15-28)24-32(38)36(21-26-9-5-4-6-10-26)23-30-12-8-18-35(30)22-27-11-7-13-31(19-27)40-3/h4-19,25H,20-24H2,1-3H3. The number of methoxy groups -OCH3 is 1. The molecule has 2 amide bonds. The summed E-state index contributed by atoms with van der Waals surface area (Å²) >= 11 is 0. The summed E-state index contributed by atoms with van der Waals surface area (Å²) in [7, 11) is 1.65. The molecule has 1 aromatic heterocycles. The van der Waals surface area contributed by atoms with Crippen molar-refractivity contribution in [1.82, 2.24) is 14.4 Å². The summed E-state index contributed by atoms with van der Waals surface area (Å²) in [5.74, 6) is 0.0919. The van der Waals surface area contributed by atoms with Gasteiger partial charge < -0.3 is 19.1 Å². The second kappa shape index (κ2) is 13.6. The Labute approximate surface area is 235 Å². The maximum absolute atomic E-state index is 13.9. The Hall–Kier alpha value is -4.39. The number of hydrogen-bond donors (Lipinski definition) is 0. The topological polar surface area (TPSA) is 54.8 Å². The lowest BCUT2D eigenvalue weighted by molar-refractivity contribution is -0.133. The molecule has 6 nitrogen and oxygen atoms in total. The molecule has 0 aliphatic carbocycles. The Kier molecular flexibility index (Phi) is 9.73. The number of aromatic nitrogens is 1. The highest BCUT2D eigenvalue weighted by atomic mass is 19.1. The molecule has 7 heteroatoms. The van der Waals surface area contributed by atoms with E-state index in [1.165, 1.54) is 24.3 Å². The van der Waals surface area contributed by atoms with Gasteiger partial charge in [-0.25, -0.2) is 4.39 Å². The SMILES string of the molecule is COc1cccc(Cn2cccc2CN(Cc2ccccc2)C(=O)CN(CC(C)C)C(=O)c2ccc(F)cc2)c1. The molecule has 3 aromatic carbocycles. The van der Waals surface area contributed by atoms with Crippen molar-refractivity contribution in [2.75, 3.05) is 20.2 Å². The summed E-state index contributed by atoms with van der Waals surface area (Å²) in [6.07, 6.45) is 2.00. The van der Waals surface area contributed by atoms with Crippen molar-refractivity contribution in [1.29, 1.82) is 0 Å². The van der Waals surface area contributed by atoms with Crippen molar-refractivity contribution in [3.8, 4) is 5.75 Å². The van der Waals surface area contributed by atoms with E-state index >= 15 is 0 Å². The van der Waals surface area contributed by atoms with E-state index in [1.807, 2.05) is 86.8 Å². The quantitative estimate of drug-likeness (QED) is 0.221. The first kappa shape index (κ1) is 28.6. The third kappa shape index (κ3) is 7.82. The van der Waals surface area contributed by atoms with E-state index in [0.717, 1.165) is 22.6 Å². The minimum atomic E-state index is -0.408. The number of ether oxygens (including phenoxy) is 1. The molecule has 40 heavy (non-hydrogen) atoms. The Morgan fingerprint density at radius 1 is 0.850 bits per heavy atom. The zero-order chi connectivity index (χ0) is 28.5. The van der Waals surface area contributed by atoms with Gasteiger partial charge in [0.15, 0.2) is 0 Å². The lowest BCUT2D eigenvalue weighted by Gasteiger charge is -2.29. The van der Waals surface area contributed by atoms with Gasteiger partial charge in [0.05, 0.1) is 13.7 Å². The van der Waals surface area contributed by atoms with E-state index in [0.29, 0.717) is 31.7 Å². The molecular formula is C33H36FN3O3. The maximum Gasteiger partial charge on any atom is 0.254 e. The van der Waals surface area contributed by atoms with Gasteiger partial charge in [-0.1, -0.05) is 56.3 Å². The second-order valence-electron chi connectivity index (χ2n) is 10.3. The van der Waals surface area contributed by atoms with E-state index < -0.39 is 5.82 Å². The fourth-order valence-electron chi connectivity index (χ4n) is 4.64. The molecule has 4 rings (SSSR count). The van der Waals surface area contributed by atoms with Crippen LogP contribution in [0.4, 0.5) is 4.39 Å². The normalized spacial score (nSPS) is 10.9. The highest BCUT2D eigenvalue weighted by Gasteiger charge is 2.24. The van der Waals surface area contributed by atoms with Crippen LogP contribution >= 0.6 is 0 Å². The Morgan fingerprint density at radius 3 is 2.27 bits per heavy atom. The summed E-state index contributed by atoms with van der Waals surface area (Å²) in [4.78, 5) is 30.6. The first-order chi connectivity index (χ1) is 19.3. The molecule has 1 heterocycles. The first-order valence-electron chi connectivity index (χ1n) is 13.5. The van der Waals surface area contributed by atoms with Crippen molar-refractivity contribution in [3.63, 3.8) is 0 Å². The van der Waals surface area contributed by atoms with Crippen molar-refractivity contribution < 1.29 is 18.7 Å². The van der Waals surface area contributed by atoms with E-state index in [1.54, 1.807) is 16.9 Å². The number of hydrogen-bond acceptors (Lipinski definition) is 3. The van der Waals surface area contributed by atoms with Gasteiger partial charge in [-0.2, -0.15) is 0 Å². The molecule has 208 valence electrons. The second-order valence-corrected chi connectivity index (χ2v) is 10.3. The first-order valence-corrected chi connectivity index (χ1v) is 13.5. The highest BCUT2D eigenvalue weighted by molar-refractivity contribution is 5.96. The summed E-state index contributed by atoms with van der Waals surface area (Å²) in [5, 5.41) is 0. The van der Waals surface area contributed by atoms with Crippen LogP contribution in [0.15, 0.2) is 97.2 Å².